The van der Waals surface area contributed by atoms with Gasteiger partial charge in [-0.25, -0.2) is 14.5 Å². The molecule has 124 valence electrons. The Morgan fingerprint density at radius 2 is 2.08 bits per heavy atom. The van der Waals surface area contributed by atoms with E-state index in [4.69, 9.17) is 10.00 Å². The lowest BCUT2D eigenvalue weighted by Gasteiger charge is -1.99. The van der Waals surface area contributed by atoms with Gasteiger partial charge in [-0.1, -0.05) is 29.5 Å². The SMILES string of the molecule is COC(=O)c1cccc(/N=c2/sc(-c3cccc(C#N)c3)nn2C)c1. The quantitative estimate of drug-likeness (QED) is 0.680. The van der Waals surface area contributed by atoms with Gasteiger partial charge in [0.2, 0.25) is 4.80 Å². The van der Waals surface area contributed by atoms with Crippen LogP contribution in [0.5, 0.6) is 0 Å². The molecule has 6 nitrogen and oxygen atoms in total. The normalized spacial score (nSPS) is 11.2. The number of esters is 1. The largest absolute Gasteiger partial charge is 0.465 e. The molecule has 3 aromatic rings. The molecule has 0 amide bonds. The number of aromatic nitrogens is 2. The second kappa shape index (κ2) is 7.11. The fraction of sp³-hybridized carbons (Fsp3) is 0.111. The average molecular weight is 350 g/mol. The third kappa shape index (κ3) is 3.65. The third-order valence-corrected chi connectivity index (χ3v) is 4.49. The minimum Gasteiger partial charge on any atom is -0.465 e. The number of aryl methyl sites for hydroxylation is 1. The second-order valence-corrected chi connectivity index (χ2v) is 6.12. The third-order valence-electron chi connectivity index (χ3n) is 3.44. The summed E-state index contributed by atoms with van der Waals surface area (Å²) in [7, 11) is 3.15. The summed E-state index contributed by atoms with van der Waals surface area (Å²) in [5.74, 6) is -0.403. The first-order valence-corrected chi connectivity index (χ1v) is 8.20. The van der Waals surface area contributed by atoms with E-state index in [-0.39, 0.29) is 0 Å². The van der Waals surface area contributed by atoms with Gasteiger partial charge in [0.25, 0.3) is 0 Å². The van der Waals surface area contributed by atoms with Crippen LogP contribution in [-0.4, -0.2) is 22.9 Å². The van der Waals surface area contributed by atoms with Crippen LogP contribution in [0.3, 0.4) is 0 Å². The molecule has 0 aliphatic heterocycles. The number of nitrogens with zero attached hydrogens (tertiary/aromatic N) is 4. The number of ether oxygens (including phenoxy) is 1. The van der Waals surface area contributed by atoms with Crippen LogP contribution in [0.1, 0.15) is 15.9 Å². The number of carbonyl (C=O) groups excluding carboxylic acids is 1. The predicted octanol–water partition coefficient (Wildman–Crippen LogP) is 3.04. The molecule has 1 heterocycles. The van der Waals surface area contributed by atoms with Crippen molar-refractivity contribution in [1.29, 1.82) is 5.26 Å². The number of carbonyl (C=O) groups is 1. The van der Waals surface area contributed by atoms with Crippen molar-refractivity contribution in [2.45, 2.75) is 0 Å². The number of benzene rings is 2. The van der Waals surface area contributed by atoms with E-state index in [0.29, 0.717) is 21.6 Å². The first-order valence-electron chi connectivity index (χ1n) is 7.38. The van der Waals surface area contributed by atoms with Gasteiger partial charge in [-0.15, -0.1) is 0 Å². The van der Waals surface area contributed by atoms with Crippen molar-refractivity contribution in [3.05, 3.63) is 64.5 Å². The fourth-order valence-corrected chi connectivity index (χ4v) is 3.12. The monoisotopic (exact) mass is 350 g/mol. The summed E-state index contributed by atoms with van der Waals surface area (Å²) in [6, 6.07) is 16.3. The van der Waals surface area contributed by atoms with Crippen molar-refractivity contribution < 1.29 is 9.53 Å². The summed E-state index contributed by atoms with van der Waals surface area (Å²) in [5, 5.41) is 14.3. The molecule has 0 saturated heterocycles. The minimum atomic E-state index is -0.403. The lowest BCUT2D eigenvalue weighted by molar-refractivity contribution is 0.0601. The van der Waals surface area contributed by atoms with Gasteiger partial charge in [-0.3, -0.25) is 0 Å². The van der Waals surface area contributed by atoms with Gasteiger partial charge < -0.3 is 4.74 Å². The molecule has 7 heteroatoms. The van der Waals surface area contributed by atoms with E-state index in [1.54, 1.807) is 42.1 Å². The summed E-state index contributed by atoms with van der Waals surface area (Å²) in [5.41, 5.74) is 2.53. The lowest BCUT2D eigenvalue weighted by atomic mass is 10.1. The molecule has 0 unspecified atom stereocenters. The van der Waals surface area contributed by atoms with Crippen molar-refractivity contribution in [3.63, 3.8) is 0 Å². The Morgan fingerprint density at radius 3 is 2.84 bits per heavy atom. The van der Waals surface area contributed by atoms with Crippen LogP contribution in [-0.2, 0) is 11.8 Å². The molecule has 0 fully saturated rings. The zero-order chi connectivity index (χ0) is 17.8. The summed E-state index contributed by atoms with van der Waals surface area (Å²) < 4.78 is 6.40. The first-order chi connectivity index (χ1) is 12.1. The number of hydrogen-bond donors (Lipinski definition) is 0. The summed E-state index contributed by atoms with van der Waals surface area (Å²) in [6.07, 6.45) is 0. The van der Waals surface area contributed by atoms with Crippen LogP contribution >= 0.6 is 11.3 Å². The molecular weight excluding hydrogens is 336 g/mol. The summed E-state index contributed by atoms with van der Waals surface area (Å²) >= 11 is 1.41. The van der Waals surface area contributed by atoms with Crippen LogP contribution in [0, 0.1) is 11.3 Å². The molecule has 3 rings (SSSR count). The first kappa shape index (κ1) is 16.6. The maximum atomic E-state index is 11.6. The molecule has 0 aliphatic carbocycles. The zero-order valence-corrected chi connectivity index (χ0v) is 14.4. The molecule has 25 heavy (non-hydrogen) atoms. The van der Waals surface area contributed by atoms with Crippen LogP contribution in [0.15, 0.2) is 53.5 Å². The molecule has 0 bridgehead atoms. The van der Waals surface area contributed by atoms with Crippen molar-refractivity contribution in [2.75, 3.05) is 7.11 Å². The van der Waals surface area contributed by atoms with Crippen molar-refractivity contribution >= 4 is 23.0 Å². The maximum Gasteiger partial charge on any atom is 0.337 e. The number of rotatable bonds is 3. The van der Waals surface area contributed by atoms with Gasteiger partial charge in [0.1, 0.15) is 5.01 Å². The van der Waals surface area contributed by atoms with E-state index >= 15 is 0 Å². The molecule has 0 radical (unpaired) electrons. The number of nitriles is 1. The van der Waals surface area contributed by atoms with Gasteiger partial charge in [0.05, 0.1) is 30.0 Å². The lowest BCUT2D eigenvalue weighted by Crippen LogP contribution is -2.11. The molecule has 0 atom stereocenters. The van der Waals surface area contributed by atoms with Crippen molar-refractivity contribution in [1.82, 2.24) is 9.78 Å². The van der Waals surface area contributed by atoms with Gasteiger partial charge >= 0.3 is 5.97 Å². The number of hydrogen-bond acceptors (Lipinski definition) is 6. The van der Waals surface area contributed by atoms with Crippen molar-refractivity contribution in [2.24, 2.45) is 12.0 Å². The Balaban J connectivity index is 2.02. The maximum absolute atomic E-state index is 11.6. The van der Waals surface area contributed by atoms with E-state index in [2.05, 4.69) is 16.2 Å². The standard InChI is InChI=1S/C18H14N4O2S/c1-22-18(20-15-8-4-7-14(10-15)17(23)24-2)25-16(21-22)13-6-3-5-12(9-13)11-19/h3-10H,1-2H3/b20-18+. The van der Waals surface area contributed by atoms with E-state index in [0.717, 1.165) is 10.6 Å². The highest BCUT2D eigenvalue weighted by Gasteiger charge is 2.08. The highest BCUT2D eigenvalue weighted by Crippen LogP contribution is 2.21. The Labute approximate surface area is 148 Å². The Morgan fingerprint density at radius 1 is 1.28 bits per heavy atom. The highest BCUT2D eigenvalue weighted by atomic mass is 32.1. The predicted molar refractivity (Wildman–Crippen MR) is 94.2 cm³/mol. The molecular formula is C18H14N4O2S. The molecule has 1 aromatic heterocycles. The van der Waals surface area contributed by atoms with Gasteiger partial charge in [-0.2, -0.15) is 10.4 Å². The number of methoxy groups -OCH3 is 1. The van der Waals surface area contributed by atoms with Crippen molar-refractivity contribution in [3.8, 4) is 16.6 Å². The Kier molecular flexibility index (Phi) is 4.73. The average Bonchev–Trinajstić information content (AvgIpc) is 3.02. The Bertz CT molecular complexity index is 1040. The van der Waals surface area contributed by atoms with E-state index in [9.17, 15) is 4.79 Å². The molecule has 0 N–H and O–H groups in total. The highest BCUT2D eigenvalue weighted by molar-refractivity contribution is 7.12. The molecule has 2 aromatic carbocycles. The van der Waals surface area contributed by atoms with Crippen LogP contribution < -0.4 is 4.80 Å². The minimum absolute atomic E-state index is 0.403. The fourth-order valence-electron chi connectivity index (χ4n) is 2.22. The van der Waals surface area contributed by atoms with Gasteiger partial charge in [-0.05, 0) is 30.3 Å². The zero-order valence-electron chi connectivity index (χ0n) is 13.6. The summed E-state index contributed by atoms with van der Waals surface area (Å²) in [4.78, 5) is 16.9. The Hall–Kier alpha value is -3.24. The van der Waals surface area contributed by atoms with Gasteiger partial charge in [0.15, 0.2) is 0 Å². The van der Waals surface area contributed by atoms with Crippen LogP contribution in [0.25, 0.3) is 10.6 Å². The summed E-state index contributed by atoms with van der Waals surface area (Å²) in [6.45, 7) is 0. The molecule has 0 saturated carbocycles. The van der Waals surface area contributed by atoms with Crippen LogP contribution in [0.4, 0.5) is 5.69 Å². The van der Waals surface area contributed by atoms with Gasteiger partial charge in [0, 0.05) is 12.6 Å². The smallest absolute Gasteiger partial charge is 0.337 e. The molecule has 0 spiro atoms. The van der Waals surface area contributed by atoms with E-state index < -0.39 is 5.97 Å². The molecule has 0 aliphatic rings. The van der Waals surface area contributed by atoms with E-state index in [1.807, 2.05) is 18.2 Å². The van der Waals surface area contributed by atoms with Crippen LogP contribution in [0.2, 0.25) is 0 Å². The topological polar surface area (TPSA) is 80.3 Å². The van der Waals surface area contributed by atoms with E-state index in [1.165, 1.54) is 18.4 Å². The second-order valence-electron chi connectivity index (χ2n) is 5.16.